The van der Waals surface area contributed by atoms with E-state index in [4.69, 9.17) is 4.74 Å². The molecule has 1 aromatic carbocycles. The molecule has 0 spiro atoms. The minimum absolute atomic E-state index is 0.0241. The second kappa shape index (κ2) is 10.2. The molecule has 9 nitrogen and oxygen atoms in total. The Labute approximate surface area is 209 Å². The monoisotopic (exact) mass is 510 g/mol. The summed E-state index contributed by atoms with van der Waals surface area (Å²) in [4.78, 5) is 36.7. The van der Waals surface area contributed by atoms with Gasteiger partial charge in [0, 0.05) is 46.7 Å². The molecule has 0 fully saturated rings. The highest BCUT2D eigenvalue weighted by Crippen LogP contribution is 2.32. The number of anilines is 2. The van der Waals surface area contributed by atoms with Gasteiger partial charge in [-0.05, 0) is 45.0 Å². The molecule has 1 N–H and O–H groups in total. The van der Waals surface area contributed by atoms with Gasteiger partial charge in [-0.3, -0.25) is 9.78 Å². The van der Waals surface area contributed by atoms with Gasteiger partial charge in [-0.25, -0.2) is 14.5 Å². The maximum absolute atomic E-state index is 13.4. The number of ketones is 1. The highest BCUT2D eigenvalue weighted by molar-refractivity contribution is 5.95. The van der Waals surface area contributed by atoms with Crippen molar-refractivity contribution >= 4 is 23.4 Å². The fraction of sp³-hybridized carbons (Fsp3) is 0.200. The third-order valence-electron chi connectivity index (χ3n) is 5.23. The summed E-state index contributed by atoms with van der Waals surface area (Å²) >= 11 is 0. The Morgan fingerprint density at radius 2 is 1.86 bits per heavy atom. The second-order valence-electron chi connectivity index (χ2n) is 7.96. The van der Waals surface area contributed by atoms with E-state index in [9.17, 15) is 22.8 Å². The molecule has 4 rings (SSSR count). The van der Waals surface area contributed by atoms with E-state index < -0.39 is 17.8 Å². The van der Waals surface area contributed by atoms with Gasteiger partial charge in [-0.2, -0.15) is 23.3 Å². The summed E-state index contributed by atoms with van der Waals surface area (Å²) < 4.78 is 46.3. The van der Waals surface area contributed by atoms with Gasteiger partial charge in [0.1, 0.15) is 0 Å². The van der Waals surface area contributed by atoms with Crippen molar-refractivity contribution in [2.24, 2.45) is 0 Å². The van der Waals surface area contributed by atoms with Crippen molar-refractivity contribution in [2.45, 2.75) is 26.9 Å². The van der Waals surface area contributed by atoms with Gasteiger partial charge in [0.2, 0.25) is 5.95 Å². The summed E-state index contributed by atoms with van der Waals surface area (Å²) in [5.74, 6) is -0.660. The number of nitrogens with zero attached hydrogens (tertiary/aromatic N) is 5. The average molecular weight is 510 g/mol. The Bertz CT molecular complexity index is 1480. The highest BCUT2D eigenvalue weighted by atomic mass is 19.4. The molecule has 0 saturated heterocycles. The summed E-state index contributed by atoms with van der Waals surface area (Å²) in [6, 6.07) is 9.01. The van der Waals surface area contributed by atoms with Crippen LogP contribution in [0, 0.1) is 6.92 Å². The lowest BCUT2D eigenvalue weighted by atomic mass is 10.1. The normalized spacial score (nSPS) is 11.3. The molecule has 0 saturated carbocycles. The van der Waals surface area contributed by atoms with Gasteiger partial charge in [0.25, 0.3) is 0 Å². The van der Waals surface area contributed by atoms with Crippen molar-refractivity contribution in [1.82, 2.24) is 24.7 Å². The lowest BCUT2D eigenvalue weighted by molar-refractivity contribution is -0.141. The van der Waals surface area contributed by atoms with Crippen LogP contribution >= 0.6 is 0 Å². The van der Waals surface area contributed by atoms with Crippen LogP contribution in [0.5, 0.6) is 0 Å². The number of carbonyl (C=O) groups excluding carboxylic acids is 2. The van der Waals surface area contributed by atoms with E-state index in [0.717, 1.165) is 10.7 Å². The fourth-order valence-electron chi connectivity index (χ4n) is 3.48. The Morgan fingerprint density at radius 1 is 1.08 bits per heavy atom. The van der Waals surface area contributed by atoms with E-state index in [1.54, 1.807) is 31.2 Å². The van der Waals surface area contributed by atoms with Crippen LogP contribution in [0.4, 0.5) is 24.8 Å². The summed E-state index contributed by atoms with van der Waals surface area (Å²) in [6.45, 7) is 4.72. The van der Waals surface area contributed by atoms with E-state index in [1.807, 2.05) is 0 Å². The first-order chi connectivity index (χ1) is 17.6. The molecule has 0 atom stereocenters. The van der Waals surface area contributed by atoms with Crippen LogP contribution in [-0.2, 0) is 10.9 Å². The summed E-state index contributed by atoms with van der Waals surface area (Å²) in [7, 11) is 0. The quantitative estimate of drug-likeness (QED) is 0.268. The number of Topliss-reactive ketones (excluding diaryl/α,β-unsaturated/α-hetero) is 1. The number of hydrogen-bond acceptors (Lipinski definition) is 8. The minimum Gasteiger partial charge on any atom is -0.462 e. The van der Waals surface area contributed by atoms with E-state index in [0.29, 0.717) is 16.8 Å². The minimum atomic E-state index is -4.66. The number of aryl methyl sites for hydroxylation is 1. The van der Waals surface area contributed by atoms with Crippen molar-refractivity contribution in [1.29, 1.82) is 0 Å². The fourth-order valence-corrected chi connectivity index (χ4v) is 3.48. The molecule has 0 unspecified atom stereocenters. The molecule has 3 aromatic heterocycles. The molecule has 12 heteroatoms. The van der Waals surface area contributed by atoms with Crippen LogP contribution in [0.1, 0.15) is 46.0 Å². The maximum atomic E-state index is 13.4. The zero-order valence-corrected chi connectivity index (χ0v) is 20.0. The number of aromatic nitrogens is 5. The number of nitrogens with one attached hydrogen (secondary N) is 1. The predicted octanol–water partition coefficient (Wildman–Crippen LogP) is 5.17. The van der Waals surface area contributed by atoms with E-state index in [1.165, 1.54) is 38.5 Å². The molecule has 4 aromatic rings. The summed E-state index contributed by atoms with van der Waals surface area (Å²) in [6.07, 6.45) is -0.526. The highest BCUT2D eigenvalue weighted by Gasteiger charge is 2.35. The van der Waals surface area contributed by atoms with Crippen molar-refractivity contribution in [3.8, 4) is 16.9 Å². The van der Waals surface area contributed by atoms with Crippen molar-refractivity contribution < 1.29 is 27.5 Å². The number of rotatable bonds is 7. The molecule has 37 heavy (non-hydrogen) atoms. The standard InChI is InChI=1S/C25H21F3N6O3/c1-4-37-23(36)18-9-17(11-29-12-18)20-13-30-24(31-19-7-5-6-16(10-19)15(3)35)32-22(20)34-14(2)8-21(33-34)25(26,27)28/h5-13H,4H2,1-3H3,(H,30,31,32). The Morgan fingerprint density at radius 3 is 2.54 bits per heavy atom. The average Bonchev–Trinajstić information content (AvgIpc) is 3.26. The number of alkyl halides is 3. The number of carbonyl (C=O) groups is 2. The number of hydrogen-bond donors (Lipinski definition) is 1. The number of pyridine rings is 1. The van der Waals surface area contributed by atoms with Gasteiger partial charge in [-0.1, -0.05) is 12.1 Å². The molecule has 0 radical (unpaired) electrons. The Balaban J connectivity index is 1.84. The molecule has 190 valence electrons. The topological polar surface area (TPSA) is 112 Å². The lowest BCUT2D eigenvalue weighted by Gasteiger charge is -2.13. The molecular formula is C25H21F3N6O3. The number of halogens is 3. The van der Waals surface area contributed by atoms with Crippen molar-refractivity contribution in [2.75, 3.05) is 11.9 Å². The lowest BCUT2D eigenvalue weighted by Crippen LogP contribution is -2.11. The predicted molar refractivity (Wildman–Crippen MR) is 128 cm³/mol. The third kappa shape index (κ3) is 5.63. The zero-order chi connectivity index (χ0) is 26.7. The van der Waals surface area contributed by atoms with Crippen LogP contribution in [0.15, 0.2) is 55.0 Å². The largest absolute Gasteiger partial charge is 0.462 e. The van der Waals surface area contributed by atoms with E-state index in [-0.39, 0.29) is 41.0 Å². The van der Waals surface area contributed by atoms with Crippen LogP contribution in [0.3, 0.4) is 0 Å². The molecule has 0 aliphatic heterocycles. The summed E-state index contributed by atoms with van der Waals surface area (Å²) in [5.41, 5.74) is 0.854. The van der Waals surface area contributed by atoms with Gasteiger partial charge in [-0.15, -0.1) is 0 Å². The Kier molecular flexibility index (Phi) is 7.00. The van der Waals surface area contributed by atoms with E-state index >= 15 is 0 Å². The zero-order valence-electron chi connectivity index (χ0n) is 20.0. The van der Waals surface area contributed by atoms with Gasteiger partial charge in [0.05, 0.1) is 12.2 Å². The molecule has 0 bridgehead atoms. The van der Waals surface area contributed by atoms with Gasteiger partial charge < -0.3 is 10.1 Å². The van der Waals surface area contributed by atoms with Crippen LogP contribution < -0.4 is 5.32 Å². The molecule has 0 amide bonds. The van der Waals surface area contributed by atoms with Crippen molar-refractivity contribution in [3.63, 3.8) is 0 Å². The number of ether oxygens (including phenoxy) is 1. The Hall–Kier alpha value is -4.61. The van der Waals surface area contributed by atoms with Gasteiger partial charge >= 0.3 is 12.1 Å². The molecule has 3 heterocycles. The van der Waals surface area contributed by atoms with Crippen LogP contribution in [0.2, 0.25) is 0 Å². The van der Waals surface area contributed by atoms with Crippen LogP contribution in [-0.4, -0.2) is 43.1 Å². The summed E-state index contributed by atoms with van der Waals surface area (Å²) in [5, 5.41) is 6.69. The molecule has 0 aliphatic carbocycles. The van der Waals surface area contributed by atoms with Crippen LogP contribution in [0.25, 0.3) is 16.9 Å². The smallest absolute Gasteiger partial charge is 0.435 e. The number of esters is 1. The van der Waals surface area contributed by atoms with E-state index in [2.05, 4.69) is 25.4 Å². The third-order valence-corrected chi connectivity index (χ3v) is 5.23. The van der Waals surface area contributed by atoms with Crippen molar-refractivity contribution in [3.05, 3.63) is 77.5 Å². The van der Waals surface area contributed by atoms with Gasteiger partial charge in [0.15, 0.2) is 17.3 Å². The molecular weight excluding hydrogens is 489 g/mol. The molecule has 0 aliphatic rings. The maximum Gasteiger partial charge on any atom is 0.435 e. The SMILES string of the molecule is CCOC(=O)c1cncc(-c2cnc(Nc3cccc(C(C)=O)c3)nc2-n2nc(C(F)(F)F)cc2C)c1. The second-order valence-corrected chi connectivity index (χ2v) is 7.96. The first-order valence-corrected chi connectivity index (χ1v) is 11.1. The first-order valence-electron chi connectivity index (χ1n) is 11.1. The number of benzene rings is 1. The first kappa shape index (κ1) is 25.5.